The fourth-order valence-corrected chi connectivity index (χ4v) is 2.58. The van der Waals surface area contributed by atoms with Crippen molar-refractivity contribution in [1.29, 1.82) is 0 Å². The van der Waals surface area contributed by atoms with E-state index in [-0.39, 0.29) is 11.6 Å². The van der Waals surface area contributed by atoms with Gasteiger partial charge < -0.3 is 0 Å². The molecule has 0 aromatic heterocycles. The van der Waals surface area contributed by atoms with Gasteiger partial charge >= 0.3 is 0 Å². The van der Waals surface area contributed by atoms with E-state index in [0.717, 1.165) is 10.0 Å². The van der Waals surface area contributed by atoms with Crippen molar-refractivity contribution in [2.45, 2.75) is 26.2 Å². The molecule has 0 radical (unpaired) electrons. The van der Waals surface area contributed by atoms with E-state index < -0.39 is 5.41 Å². The molecule has 0 bridgehead atoms. The summed E-state index contributed by atoms with van der Waals surface area (Å²) in [6.45, 7) is 1.77. The first kappa shape index (κ1) is 11.5. The fraction of sp³-hybridized carbons (Fsp3) is 0.385. The number of carbonyl (C=O) groups excluding carboxylic acids is 2. The van der Waals surface area contributed by atoms with Gasteiger partial charge in [-0.25, -0.2) is 0 Å². The number of rotatable bonds is 2. The second-order valence-electron chi connectivity index (χ2n) is 4.45. The molecule has 2 nitrogen and oxygen atoms in total. The number of Topliss-reactive ketones (excluding diaryl/α,β-unsaturated/α-hetero) is 2. The van der Waals surface area contributed by atoms with Crippen LogP contribution in [0.2, 0.25) is 0 Å². The first-order valence-corrected chi connectivity index (χ1v) is 6.13. The molecule has 0 spiro atoms. The smallest absolute Gasteiger partial charge is 0.146 e. The molecular formula is C13H13BrO2. The first-order valence-electron chi connectivity index (χ1n) is 5.34. The molecule has 1 aromatic carbocycles. The average Bonchev–Trinajstić information content (AvgIpc) is 2.50. The normalized spacial score (nSPS) is 19.1. The summed E-state index contributed by atoms with van der Waals surface area (Å²) in [5, 5.41) is 0. The van der Waals surface area contributed by atoms with Gasteiger partial charge in [0.05, 0.1) is 5.41 Å². The monoisotopic (exact) mass is 280 g/mol. The van der Waals surface area contributed by atoms with E-state index in [4.69, 9.17) is 0 Å². The molecule has 3 heteroatoms. The summed E-state index contributed by atoms with van der Waals surface area (Å²) in [7, 11) is 0. The van der Waals surface area contributed by atoms with Crippen LogP contribution < -0.4 is 0 Å². The van der Waals surface area contributed by atoms with E-state index in [1.54, 1.807) is 6.92 Å². The summed E-state index contributed by atoms with van der Waals surface area (Å²) in [4.78, 5) is 23.6. The highest BCUT2D eigenvalue weighted by Crippen LogP contribution is 2.36. The number of hydrogen-bond donors (Lipinski definition) is 0. The van der Waals surface area contributed by atoms with Gasteiger partial charge in [0.2, 0.25) is 0 Å². The van der Waals surface area contributed by atoms with Gasteiger partial charge in [-0.1, -0.05) is 34.1 Å². The molecule has 1 saturated carbocycles. The zero-order valence-corrected chi connectivity index (χ0v) is 10.7. The number of ketones is 2. The quantitative estimate of drug-likeness (QED) is 0.781. The van der Waals surface area contributed by atoms with Gasteiger partial charge in [0.15, 0.2) is 0 Å². The molecular weight excluding hydrogens is 268 g/mol. The number of halogens is 1. The van der Waals surface area contributed by atoms with Crippen LogP contribution in [0.15, 0.2) is 28.7 Å². The predicted molar refractivity (Wildman–Crippen MR) is 65.2 cm³/mol. The molecule has 2 rings (SSSR count). The highest BCUT2D eigenvalue weighted by Gasteiger charge is 2.45. The van der Waals surface area contributed by atoms with Gasteiger partial charge in [-0.05, 0) is 25.0 Å². The van der Waals surface area contributed by atoms with Crippen molar-refractivity contribution >= 4 is 27.5 Å². The maximum Gasteiger partial charge on any atom is 0.146 e. The summed E-state index contributed by atoms with van der Waals surface area (Å²) >= 11 is 3.44. The lowest BCUT2D eigenvalue weighted by molar-refractivity contribution is -0.133. The largest absolute Gasteiger partial charge is 0.299 e. The van der Waals surface area contributed by atoms with E-state index in [1.165, 1.54) is 0 Å². The molecule has 1 fully saturated rings. The zero-order chi connectivity index (χ0) is 11.8. The standard InChI is InChI=1S/C13H13BrO2/c1-13(11(15)6-7-12(13)16)8-9-4-2-3-5-10(9)14/h2-5H,6-8H2,1H3. The third-order valence-electron chi connectivity index (χ3n) is 3.31. The molecule has 1 aliphatic carbocycles. The minimum Gasteiger partial charge on any atom is -0.299 e. The van der Waals surface area contributed by atoms with Gasteiger partial charge in [-0.3, -0.25) is 9.59 Å². The van der Waals surface area contributed by atoms with Crippen LogP contribution in [0.4, 0.5) is 0 Å². The van der Waals surface area contributed by atoms with Crippen LogP contribution in [0.1, 0.15) is 25.3 Å². The number of benzene rings is 1. The molecule has 0 aliphatic heterocycles. The third-order valence-corrected chi connectivity index (χ3v) is 4.09. The van der Waals surface area contributed by atoms with E-state index in [0.29, 0.717) is 19.3 Å². The average molecular weight is 281 g/mol. The third kappa shape index (κ3) is 1.84. The van der Waals surface area contributed by atoms with Crippen molar-refractivity contribution in [3.8, 4) is 0 Å². The van der Waals surface area contributed by atoms with Crippen molar-refractivity contribution in [2.75, 3.05) is 0 Å². The maximum absolute atomic E-state index is 11.8. The van der Waals surface area contributed by atoms with E-state index in [2.05, 4.69) is 15.9 Å². The van der Waals surface area contributed by atoms with E-state index in [1.807, 2.05) is 24.3 Å². The Morgan fingerprint density at radius 3 is 2.31 bits per heavy atom. The fourth-order valence-electron chi connectivity index (χ4n) is 2.15. The Morgan fingerprint density at radius 2 is 1.75 bits per heavy atom. The lowest BCUT2D eigenvalue weighted by Gasteiger charge is -2.20. The topological polar surface area (TPSA) is 34.1 Å². The Labute approximate surface area is 103 Å². The van der Waals surface area contributed by atoms with Crippen LogP contribution >= 0.6 is 15.9 Å². The summed E-state index contributed by atoms with van der Waals surface area (Å²) < 4.78 is 0.962. The van der Waals surface area contributed by atoms with E-state index >= 15 is 0 Å². The van der Waals surface area contributed by atoms with Crippen molar-refractivity contribution in [3.05, 3.63) is 34.3 Å². The molecule has 0 N–H and O–H groups in total. The predicted octanol–water partition coefficient (Wildman–Crippen LogP) is 2.93. The van der Waals surface area contributed by atoms with Gasteiger partial charge in [-0.2, -0.15) is 0 Å². The van der Waals surface area contributed by atoms with Crippen molar-refractivity contribution in [1.82, 2.24) is 0 Å². The molecule has 0 unspecified atom stereocenters. The van der Waals surface area contributed by atoms with Gasteiger partial charge in [0, 0.05) is 17.3 Å². The molecule has 16 heavy (non-hydrogen) atoms. The summed E-state index contributed by atoms with van der Waals surface area (Å²) in [5.74, 6) is 0.154. The molecule has 1 aromatic rings. The molecule has 0 atom stereocenters. The summed E-state index contributed by atoms with van der Waals surface area (Å²) in [5.41, 5.74) is 0.220. The van der Waals surface area contributed by atoms with Gasteiger partial charge in [0.25, 0.3) is 0 Å². The SMILES string of the molecule is CC1(Cc2ccccc2Br)C(=O)CCC1=O. The zero-order valence-electron chi connectivity index (χ0n) is 9.13. The van der Waals surface area contributed by atoms with Crippen LogP contribution in [-0.2, 0) is 16.0 Å². The Bertz CT molecular complexity index is 435. The van der Waals surface area contributed by atoms with Crippen LogP contribution in [0.25, 0.3) is 0 Å². The van der Waals surface area contributed by atoms with Crippen molar-refractivity contribution in [2.24, 2.45) is 5.41 Å². The lowest BCUT2D eigenvalue weighted by atomic mass is 9.80. The van der Waals surface area contributed by atoms with Crippen LogP contribution in [-0.4, -0.2) is 11.6 Å². The molecule has 0 heterocycles. The van der Waals surface area contributed by atoms with Crippen LogP contribution in [0.3, 0.4) is 0 Å². The maximum atomic E-state index is 11.8. The van der Waals surface area contributed by atoms with Crippen molar-refractivity contribution < 1.29 is 9.59 Å². The highest BCUT2D eigenvalue weighted by atomic mass is 79.9. The second-order valence-corrected chi connectivity index (χ2v) is 5.30. The van der Waals surface area contributed by atoms with Crippen LogP contribution in [0, 0.1) is 5.41 Å². The Morgan fingerprint density at radius 1 is 1.19 bits per heavy atom. The minimum atomic E-state index is -0.802. The lowest BCUT2D eigenvalue weighted by Crippen LogP contribution is -2.31. The first-order chi connectivity index (χ1) is 7.54. The Balaban J connectivity index is 2.31. The Hall–Kier alpha value is -0.960. The van der Waals surface area contributed by atoms with E-state index in [9.17, 15) is 9.59 Å². The molecule has 0 saturated heterocycles. The highest BCUT2D eigenvalue weighted by molar-refractivity contribution is 9.10. The molecule has 1 aliphatic rings. The van der Waals surface area contributed by atoms with Crippen LogP contribution in [0.5, 0.6) is 0 Å². The van der Waals surface area contributed by atoms with Gasteiger partial charge in [0.1, 0.15) is 11.6 Å². The minimum absolute atomic E-state index is 0.0771. The summed E-state index contributed by atoms with van der Waals surface area (Å²) in [6.07, 6.45) is 1.31. The van der Waals surface area contributed by atoms with Crippen molar-refractivity contribution in [3.63, 3.8) is 0 Å². The van der Waals surface area contributed by atoms with Gasteiger partial charge in [-0.15, -0.1) is 0 Å². The number of hydrogen-bond acceptors (Lipinski definition) is 2. The summed E-state index contributed by atoms with van der Waals surface area (Å²) in [6, 6.07) is 7.73. The molecule has 0 amide bonds. The second kappa shape index (κ2) is 4.13. The Kier molecular flexibility index (Phi) is 2.98. The number of carbonyl (C=O) groups is 2. The molecule has 84 valence electrons.